The van der Waals surface area contributed by atoms with E-state index >= 15 is 0 Å². The largest absolute Gasteiger partial charge is 0.382 e. The summed E-state index contributed by atoms with van der Waals surface area (Å²) in [4.78, 5) is 0. The quantitative estimate of drug-likeness (QED) is 0.529. The average molecular weight is 163 g/mol. The topological polar surface area (TPSA) is 39.7 Å². The van der Waals surface area contributed by atoms with Crippen LogP contribution in [0.1, 0.15) is 0 Å². The summed E-state index contributed by atoms with van der Waals surface area (Å²) < 4.78 is 15.2. The van der Waals surface area contributed by atoms with Gasteiger partial charge in [0, 0.05) is 14.2 Å². The van der Waals surface area contributed by atoms with Gasteiger partial charge in [-0.15, -0.1) is 0 Å². The van der Waals surface area contributed by atoms with E-state index in [0.29, 0.717) is 19.9 Å². The summed E-state index contributed by atoms with van der Waals surface area (Å²) in [6.45, 7) is 1.66. The molecule has 0 bridgehead atoms. The van der Waals surface area contributed by atoms with E-state index in [9.17, 15) is 0 Å². The first-order chi connectivity index (χ1) is 5.35. The van der Waals surface area contributed by atoms with Gasteiger partial charge in [0.05, 0.1) is 19.9 Å². The molecule has 11 heavy (non-hydrogen) atoms. The van der Waals surface area contributed by atoms with Crippen molar-refractivity contribution in [3.8, 4) is 0 Å². The van der Waals surface area contributed by atoms with E-state index in [1.54, 1.807) is 14.2 Å². The van der Waals surface area contributed by atoms with Gasteiger partial charge in [0.2, 0.25) is 0 Å². The summed E-state index contributed by atoms with van der Waals surface area (Å²) >= 11 is 0. The number of ether oxygens (including phenoxy) is 3. The SMILES string of the molecule is CNCOC(COC)COC. The second-order valence-electron chi connectivity index (χ2n) is 2.20. The number of rotatable bonds is 7. The van der Waals surface area contributed by atoms with E-state index in [1.807, 2.05) is 7.05 Å². The maximum atomic E-state index is 5.31. The van der Waals surface area contributed by atoms with Crippen molar-refractivity contribution in [1.29, 1.82) is 0 Å². The molecule has 0 saturated heterocycles. The molecule has 0 aromatic rings. The lowest BCUT2D eigenvalue weighted by Crippen LogP contribution is -2.28. The highest BCUT2D eigenvalue weighted by Crippen LogP contribution is 1.91. The smallest absolute Gasteiger partial charge is 0.106 e. The van der Waals surface area contributed by atoms with Crippen LogP contribution in [0.2, 0.25) is 0 Å². The minimum absolute atomic E-state index is 0.0254. The van der Waals surface area contributed by atoms with Crippen molar-refractivity contribution in [2.75, 3.05) is 41.2 Å². The fourth-order valence-corrected chi connectivity index (χ4v) is 0.717. The molecule has 0 aliphatic rings. The first kappa shape index (κ1) is 10.8. The minimum Gasteiger partial charge on any atom is -0.382 e. The lowest BCUT2D eigenvalue weighted by Gasteiger charge is -2.15. The molecule has 0 radical (unpaired) electrons. The Morgan fingerprint density at radius 2 is 1.73 bits per heavy atom. The van der Waals surface area contributed by atoms with Crippen molar-refractivity contribution in [2.24, 2.45) is 0 Å². The summed E-state index contributed by atoms with van der Waals surface area (Å²) in [5, 5.41) is 2.88. The van der Waals surface area contributed by atoms with Gasteiger partial charge >= 0.3 is 0 Å². The zero-order chi connectivity index (χ0) is 8.53. The fourth-order valence-electron chi connectivity index (χ4n) is 0.717. The Hall–Kier alpha value is -0.160. The Morgan fingerprint density at radius 1 is 1.18 bits per heavy atom. The second kappa shape index (κ2) is 7.94. The predicted molar refractivity (Wildman–Crippen MR) is 42.6 cm³/mol. The molecule has 0 unspecified atom stereocenters. The summed E-state index contributed by atoms with van der Waals surface area (Å²) in [7, 11) is 5.12. The Labute approximate surface area is 67.8 Å². The Balaban J connectivity index is 3.34. The molecular formula is C7H17NO3. The lowest BCUT2D eigenvalue weighted by atomic mass is 10.4. The number of nitrogens with one attached hydrogen (secondary N) is 1. The normalized spacial score (nSPS) is 10.9. The molecule has 0 fully saturated rings. The maximum absolute atomic E-state index is 5.31. The molecule has 1 N–H and O–H groups in total. The Morgan fingerprint density at radius 3 is 2.09 bits per heavy atom. The molecule has 0 aliphatic heterocycles. The number of hydrogen-bond donors (Lipinski definition) is 1. The van der Waals surface area contributed by atoms with Crippen LogP contribution >= 0.6 is 0 Å². The molecule has 0 rings (SSSR count). The zero-order valence-electron chi connectivity index (χ0n) is 7.42. The average Bonchev–Trinajstić information content (AvgIpc) is 2.01. The van der Waals surface area contributed by atoms with Crippen LogP contribution in [-0.4, -0.2) is 47.3 Å². The van der Waals surface area contributed by atoms with Gasteiger partial charge in [-0.2, -0.15) is 0 Å². The van der Waals surface area contributed by atoms with Crippen LogP contribution in [-0.2, 0) is 14.2 Å². The summed E-state index contributed by atoms with van der Waals surface area (Å²) in [6.07, 6.45) is 0.0254. The highest BCUT2D eigenvalue weighted by atomic mass is 16.6. The highest BCUT2D eigenvalue weighted by molar-refractivity contribution is 4.53. The van der Waals surface area contributed by atoms with Gasteiger partial charge in [0.15, 0.2) is 0 Å². The standard InChI is InChI=1S/C7H17NO3/c1-8-6-11-7(4-9-2)5-10-3/h7-8H,4-6H2,1-3H3. The second-order valence-corrected chi connectivity index (χ2v) is 2.20. The third-order valence-electron chi connectivity index (χ3n) is 1.17. The Bertz CT molecular complexity index is 74.1. The molecule has 0 spiro atoms. The van der Waals surface area contributed by atoms with Crippen LogP contribution in [0.3, 0.4) is 0 Å². The van der Waals surface area contributed by atoms with E-state index in [0.717, 1.165) is 0 Å². The number of methoxy groups -OCH3 is 2. The molecule has 0 atom stereocenters. The molecule has 0 heterocycles. The van der Waals surface area contributed by atoms with Gasteiger partial charge < -0.3 is 14.2 Å². The van der Waals surface area contributed by atoms with Gasteiger partial charge in [-0.05, 0) is 7.05 Å². The van der Waals surface area contributed by atoms with Crippen LogP contribution in [0, 0.1) is 0 Å². The molecule has 0 amide bonds. The van der Waals surface area contributed by atoms with Crippen molar-refractivity contribution >= 4 is 0 Å². The molecule has 0 aromatic carbocycles. The monoisotopic (exact) mass is 163 g/mol. The van der Waals surface area contributed by atoms with Crippen LogP contribution in [0.25, 0.3) is 0 Å². The van der Waals surface area contributed by atoms with E-state index < -0.39 is 0 Å². The van der Waals surface area contributed by atoms with Crippen LogP contribution in [0.5, 0.6) is 0 Å². The van der Waals surface area contributed by atoms with Crippen molar-refractivity contribution in [2.45, 2.75) is 6.10 Å². The lowest BCUT2D eigenvalue weighted by molar-refractivity contribution is -0.0455. The van der Waals surface area contributed by atoms with Crippen molar-refractivity contribution in [3.05, 3.63) is 0 Å². The maximum Gasteiger partial charge on any atom is 0.106 e. The molecule has 0 aliphatic carbocycles. The first-order valence-corrected chi connectivity index (χ1v) is 3.59. The van der Waals surface area contributed by atoms with Gasteiger partial charge in [-0.1, -0.05) is 0 Å². The predicted octanol–water partition coefficient (Wildman–Crippen LogP) is -0.159. The fraction of sp³-hybridized carbons (Fsp3) is 1.00. The molecular weight excluding hydrogens is 146 g/mol. The van der Waals surface area contributed by atoms with Crippen molar-refractivity contribution < 1.29 is 14.2 Å². The minimum atomic E-state index is 0.0254. The molecule has 4 nitrogen and oxygen atoms in total. The third kappa shape index (κ3) is 6.25. The van der Waals surface area contributed by atoms with Gasteiger partial charge in [0.25, 0.3) is 0 Å². The van der Waals surface area contributed by atoms with Crippen molar-refractivity contribution in [1.82, 2.24) is 5.32 Å². The van der Waals surface area contributed by atoms with Crippen LogP contribution < -0.4 is 5.32 Å². The highest BCUT2D eigenvalue weighted by Gasteiger charge is 2.06. The van der Waals surface area contributed by atoms with Crippen LogP contribution in [0.4, 0.5) is 0 Å². The van der Waals surface area contributed by atoms with E-state index in [2.05, 4.69) is 5.32 Å². The van der Waals surface area contributed by atoms with Gasteiger partial charge in [0.1, 0.15) is 6.10 Å². The first-order valence-electron chi connectivity index (χ1n) is 3.59. The molecule has 0 aromatic heterocycles. The summed E-state index contributed by atoms with van der Waals surface area (Å²) in [5.74, 6) is 0. The Kier molecular flexibility index (Phi) is 7.83. The summed E-state index contributed by atoms with van der Waals surface area (Å²) in [6, 6.07) is 0. The third-order valence-corrected chi connectivity index (χ3v) is 1.17. The molecule has 68 valence electrons. The van der Waals surface area contributed by atoms with Crippen LogP contribution in [0.15, 0.2) is 0 Å². The summed E-state index contributed by atoms with van der Waals surface area (Å²) in [5.41, 5.74) is 0. The number of hydrogen-bond acceptors (Lipinski definition) is 4. The molecule has 0 saturated carbocycles. The van der Waals surface area contributed by atoms with Gasteiger partial charge in [-0.25, -0.2) is 0 Å². The van der Waals surface area contributed by atoms with E-state index in [4.69, 9.17) is 14.2 Å². The molecule has 4 heteroatoms. The zero-order valence-corrected chi connectivity index (χ0v) is 7.42. The van der Waals surface area contributed by atoms with Crippen molar-refractivity contribution in [3.63, 3.8) is 0 Å². The van der Waals surface area contributed by atoms with Gasteiger partial charge in [-0.3, -0.25) is 5.32 Å². The van der Waals surface area contributed by atoms with E-state index in [-0.39, 0.29) is 6.10 Å². The van der Waals surface area contributed by atoms with E-state index in [1.165, 1.54) is 0 Å².